The molecule has 0 radical (unpaired) electrons. The van der Waals surface area contributed by atoms with Crippen LogP contribution in [0.15, 0.2) is 48.9 Å². The molecule has 1 atom stereocenters. The van der Waals surface area contributed by atoms with Crippen LogP contribution in [0.25, 0.3) is 17.8 Å². The molecule has 4 rings (SSSR count). The first-order valence-electron chi connectivity index (χ1n) is 10.00. The SMILES string of the molecule is CC(=O)NC[C@H]1CN(c2ccc(-n3cnc(/C=C\c4ccc(F)cc4F)c3)c(F)c2)C(=O)O1. The number of cyclic esters (lactones) is 1. The predicted octanol–water partition coefficient (Wildman–Crippen LogP) is 3.92. The maximum Gasteiger partial charge on any atom is 0.414 e. The quantitative estimate of drug-likeness (QED) is 0.610. The first-order chi connectivity index (χ1) is 15.8. The molecule has 0 aliphatic carbocycles. The zero-order chi connectivity index (χ0) is 23.5. The van der Waals surface area contributed by atoms with Crippen LogP contribution in [0.3, 0.4) is 0 Å². The number of aromatic nitrogens is 2. The van der Waals surface area contributed by atoms with Crippen molar-refractivity contribution in [2.75, 3.05) is 18.0 Å². The second kappa shape index (κ2) is 9.19. The van der Waals surface area contributed by atoms with E-state index in [0.717, 1.165) is 12.1 Å². The Morgan fingerprint density at radius 3 is 2.73 bits per heavy atom. The lowest BCUT2D eigenvalue weighted by atomic mass is 10.2. The fraction of sp³-hybridized carbons (Fsp3) is 0.174. The Kier molecular flexibility index (Phi) is 6.16. The van der Waals surface area contributed by atoms with Crippen molar-refractivity contribution in [2.24, 2.45) is 0 Å². The van der Waals surface area contributed by atoms with E-state index in [0.29, 0.717) is 11.4 Å². The summed E-state index contributed by atoms with van der Waals surface area (Å²) in [5.41, 5.74) is 1.14. The molecular formula is C23H19F3N4O3. The van der Waals surface area contributed by atoms with E-state index in [2.05, 4.69) is 10.3 Å². The molecule has 0 bridgehead atoms. The number of carbonyl (C=O) groups excluding carboxylic acids is 2. The summed E-state index contributed by atoms with van der Waals surface area (Å²) in [6, 6.07) is 7.52. The number of benzene rings is 2. The highest BCUT2D eigenvalue weighted by Gasteiger charge is 2.32. The van der Waals surface area contributed by atoms with Crippen LogP contribution < -0.4 is 10.2 Å². The molecule has 1 aromatic heterocycles. The van der Waals surface area contributed by atoms with Gasteiger partial charge in [-0.05, 0) is 42.5 Å². The number of ether oxygens (including phenoxy) is 1. The number of nitrogens with one attached hydrogen (secondary N) is 1. The van der Waals surface area contributed by atoms with Crippen molar-refractivity contribution in [1.29, 1.82) is 0 Å². The van der Waals surface area contributed by atoms with Gasteiger partial charge in [0.1, 0.15) is 23.6 Å². The van der Waals surface area contributed by atoms with Crippen molar-refractivity contribution in [3.05, 3.63) is 77.6 Å². The number of halogens is 3. The molecule has 7 nitrogen and oxygen atoms in total. The number of hydrogen-bond acceptors (Lipinski definition) is 4. The maximum absolute atomic E-state index is 14.8. The number of anilines is 1. The molecule has 0 spiro atoms. The number of hydrogen-bond donors (Lipinski definition) is 1. The molecule has 1 fully saturated rings. The summed E-state index contributed by atoms with van der Waals surface area (Å²) in [6.07, 6.45) is 4.75. The van der Waals surface area contributed by atoms with Gasteiger partial charge in [0.2, 0.25) is 5.91 Å². The lowest BCUT2D eigenvalue weighted by Gasteiger charge is -2.14. The Labute approximate surface area is 187 Å². The van der Waals surface area contributed by atoms with Gasteiger partial charge < -0.3 is 14.6 Å². The Hall–Kier alpha value is -4.08. The van der Waals surface area contributed by atoms with E-state index in [4.69, 9.17) is 4.74 Å². The first-order valence-corrected chi connectivity index (χ1v) is 10.00. The van der Waals surface area contributed by atoms with Crippen LogP contribution in [-0.4, -0.2) is 40.7 Å². The lowest BCUT2D eigenvalue weighted by Crippen LogP contribution is -2.33. The largest absolute Gasteiger partial charge is 0.442 e. The van der Waals surface area contributed by atoms with Crippen molar-refractivity contribution < 1.29 is 27.5 Å². The van der Waals surface area contributed by atoms with Gasteiger partial charge in [0.05, 0.1) is 36.5 Å². The summed E-state index contributed by atoms with van der Waals surface area (Å²) in [7, 11) is 0. The van der Waals surface area contributed by atoms with Crippen LogP contribution in [0.5, 0.6) is 0 Å². The van der Waals surface area contributed by atoms with Gasteiger partial charge in [-0.25, -0.2) is 22.9 Å². The monoisotopic (exact) mass is 456 g/mol. The van der Waals surface area contributed by atoms with Gasteiger partial charge in [0.25, 0.3) is 0 Å². The van der Waals surface area contributed by atoms with Gasteiger partial charge in [0, 0.05) is 24.8 Å². The number of rotatable bonds is 6. The zero-order valence-electron chi connectivity index (χ0n) is 17.5. The molecule has 3 aromatic rings. The van der Waals surface area contributed by atoms with Crippen LogP contribution in [0, 0.1) is 17.5 Å². The average molecular weight is 456 g/mol. The highest BCUT2D eigenvalue weighted by molar-refractivity contribution is 5.90. The van der Waals surface area contributed by atoms with Crippen LogP contribution >= 0.6 is 0 Å². The Morgan fingerprint density at radius 2 is 2.00 bits per heavy atom. The molecule has 0 saturated carbocycles. The highest BCUT2D eigenvalue weighted by Crippen LogP contribution is 2.26. The molecule has 1 N–H and O–H groups in total. The lowest BCUT2D eigenvalue weighted by molar-refractivity contribution is -0.119. The number of carbonyl (C=O) groups is 2. The summed E-state index contributed by atoms with van der Waals surface area (Å²) in [6.45, 7) is 1.71. The minimum Gasteiger partial charge on any atom is -0.442 e. The van der Waals surface area contributed by atoms with Crippen LogP contribution in [0.1, 0.15) is 18.2 Å². The Morgan fingerprint density at radius 1 is 1.18 bits per heavy atom. The Bertz CT molecular complexity index is 1240. The maximum atomic E-state index is 14.8. The summed E-state index contributed by atoms with van der Waals surface area (Å²) in [5.74, 6) is -2.20. The molecule has 1 aliphatic heterocycles. The van der Waals surface area contributed by atoms with Crippen LogP contribution in [-0.2, 0) is 9.53 Å². The minimum absolute atomic E-state index is 0.172. The molecule has 0 unspecified atom stereocenters. The van der Waals surface area contributed by atoms with Gasteiger partial charge in [0.15, 0.2) is 0 Å². The van der Waals surface area contributed by atoms with E-state index in [1.54, 1.807) is 12.3 Å². The standard InChI is InChI=1S/C23H19F3N4O3/c1-14(31)27-10-19-12-30(23(32)33-19)18-6-7-22(21(26)9-18)29-11-17(28-13-29)5-3-15-2-4-16(24)8-20(15)25/h2-9,11,13,19H,10,12H2,1H3,(H,27,31)/b5-3-/t19-/m0/s1. The number of nitrogens with zero attached hydrogens (tertiary/aromatic N) is 3. The molecule has 2 amide bonds. The van der Waals surface area contributed by atoms with E-state index < -0.39 is 29.6 Å². The first kappa shape index (κ1) is 22.1. The molecule has 2 aromatic carbocycles. The molecule has 170 valence electrons. The van der Waals surface area contributed by atoms with Crippen molar-refractivity contribution in [3.63, 3.8) is 0 Å². The van der Waals surface area contributed by atoms with Gasteiger partial charge in [-0.1, -0.05) is 0 Å². The molecule has 10 heteroatoms. The number of amides is 2. The van der Waals surface area contributed by atoms with Crippen molar-refractivity contribution in [3.8, 4) is 5.69 Å². The average Bonchev–Trinajstić information content (AvgIpc) is 3.38. The number of imidazole rings is 1. The fourth-order valence-corrected chi connectivity index (χ4v) is 3.34. The summed E-state index contributed by atoms with van der Waals surface area (Å²) in [5, 5.41) is 2.58. The third-order valence-corrected chi connectivity index (χ3v) is 4.97. The van der Waals surface area contributed by atoms with E-state index >= 15 is 0 Å². The van der Waals surface area contributed by atoms with E-state index in [1.165, 1.54) is 53.1 Å². The van der Waals surface area contributed by atoms with E-state index in [9.17, 15) is 22.8 Å². The highest BCUT2D eigenvalue weighted by atomic mass is 19.1. The third kappa shape index (κ3) is 5.05. The normalized spacial score (nSPS) is 15.8. The molecule has 1 aliphatic rings. The van der Waals surface area contributed by atoms with Crippen LogP contribution in [0.2, 0.25) is 0 Å². The van der Waals surface area contributed by atoms with Crippen molar-refractivity contribution in [2.45, 2.75) is 13.0 Å². The third-order valence-electron chi connectivity index (χ3n) is 4.97. The van der Waals surface area contributed by atoms with Gasteiger partial charge in [-0.2, -0.15) is 0 Å². The van der Waals surface area contributed by atoms with Crippen molar-refractivity contribution >= 4 is 29.8 Å². The second-order valence-electron chi connectivity index (χ2n) is 7.39. The van der Waals surface area contributed by atoms with Crippen molar-refractivity contribution in [1.82, 2.24) is 14.9 Å². The summed E-state index contributed by atoms with van der Waals surface area (Å²) >= 11 is 0. The van der Waals surface area contributed by atoms with Gasteiger partial charge >= 0.3 is 6.09 Å². The molecular weight excluding hydrogens is 437 g/mol. The molecule has 33 heavy (non-hydrogen) atoms. The van der Waals surface area contributed by atoms with Gasteiger partial charge in [-0.15, -0.1) is 0 Å². The smallest absolute Gasteiger partial charge is 0.414 e. The topological polar surface area (TPSA) is 76.5 Å². The molecule has 1 saturated heterocycles. The minimum atomic E-state index is -0.702. The summed E-state index contributed by atoms with van der Waals surface area (Å²) in [4.78, 5) is 28.6. The summed E-state index contributed by atoms with van der Waals surface area (Å²) < 4.78 is 48.2. The van der Waals surface area contributed by atoms with E-state index in [1.807, 2.05) is 0 Å². The second-order valence-corrected chi connectivity index (χ2v) is 7.39. The van der Waals surface area contributed by atoms with Gasteiger partial charge in [-0.3, -0.25) is 9.69 Å². The van der Waals surface area contributed by atoms with Crippen LogP contribution in [0.4, 0.5) is 23.7 Å². The zero-order valence-corrected chi connectivity index (χ0v) is 17.5. The molecule has 2 heterocycles. The predicted molar refractivity (Wildman–Crippen MR) is 115 cm³/mol. The van der Waals surface area contributed by atoms with E-state index in [-0.39, 0.29) is 30.2 Å². The Balaban J connectivity index is 1.48. The fourth-order valence-electron chi connectivity index (χ4n) is 3.34.